The molecule has 0 spiro atoms. The molecule has 0 aliphatic carbocycles. The molecule has 0 N–H and O–H groups in total. The Hall–Kier alpha value is -1.09. The van der Waals surface area contributed by atoms with Gasteiger partial charge in [-0.2, -0.15) is 0 Å². The van der Waals surface area contributed by atoms with Gasteiger partial charge in [0, 0.05) is 19.1 Å². The Balaban J connectivity index is 1.98. The maximum atomic E-state index is 14.4. The maximum Gasteiger partial charge on any atom is 0.146 e. The molecule has 1 aliphatic heterocycles. The Bertz CT molecular complexity index is 473. The van der Waals surface area contributed by atoms with Crippen molar-refractivity contribution in [2.45, 2.75) is 65.3 Å². The zero-order chi connectivity index (χ0) is 16.8. The van der Waals surface area contributed by atoms with Crippen LogP contribution >= 0.6 is 0 Å². The van der Waals surface area contributed by atoms with E-state index in [1.807, 2.05) is 6.07 Å². The number of rotatable bonds is 7. The summed E-state index contributed by atoms with van der Waals surface area (Å²) in [6, 6.07) is 6.44. The minimum atomic E-state index is -0.0615. The molecule has 1 aliphatic rings. The highest BCUT2D eigenvalue weighted by atomic mass is 19.1. The van der Waals surface area contributed by atoms with Crippen LogP contribution in [0.3, 0.4) is 0 Å². The van der Waals surface area contributed by atoms with Crippen LogP contribution in [-0.2, 0) is 0 Å². The summed E-state index contributed by atoms with van der Waals surface area (Å²) in [4.78, 5) is 4.86. The molecule has 1 aromatic rings. The third kappa shape index (κ3) is 4.69. The summed E-state index contributed by atoms with van der Waals surface area (Å²) < 4.78 is 14.4. The van der Waals surface area contributed by atoms with Gasteiger partial charge in [-0.15, -0.1) is 0 Å². The third-order valence-electron chi connectivity index (χ3n) is 4.98. The predicted octanol–water partition coefficient (Wildman–Crippen LogP) is 5.04. The van der Waals surface area contributed by atoms with Crippen LogP contribution < -0.4 is 4.90 Å². The lowest BCUT2D eigenvalue weighted by molar-refractivity contribution is 0.169. The molecule has 1 aromatic carbocycles. The summed E-state index contributed by atoms with van der Waals surface area (Å²) in [6.07, 6.45) is 4.72. The third-order valence-corrected chi connectivity index (χ3v) is 4.98. The first-order valence-corrected chi connectivity index (χ1v) is 9.35. The lowest BCUT2D eigenvalue weighted by Gasteiger charge is -2.39. The van der Waals surface area contributed by atoms with Crippen LogP contribution in [-0.4, -0.2) is 37.1 Å². The lowest BCUT2D eigenvalue weighted by atomic mass is 10.00. The van der Waals surface area contributed by atoms with Crippen molar-refractivity contribution in [3.8, 4) is 0 Å². The van der Waals surface area contributed by atoms with E-state index in [0.29, 0.717) is 12.0 Å². The Kier molecular flexibility index (Phi) is 6.88. The van der Waals surface area contributed by atoms with Gasteiger partial charge in [-0.1, -0.05) is 33.8 Å². The molecule has 0 bridgehead atoms. The van der Waals surface area contributed by atoms with Gasteiger partial charge in [-0.3, -0.25) is 0 Å². The molecule has 2 rings (SSSR count). The monoisotopic (exact) mass is 320 g/mol. The highest BCUT2D eigenvalue weighted by Gasteiger charge is 2.25. The van der Waals surface area contributed by atoms with Gasteiger partial charge in [0.1, 0.15) is 5.82 Å². The van der Waals surface area contributed by atoms with E-state index >= 15 is 0 Å². The Morgan fingerprint density at radius 2 is 1.74 bits per heavy atom. The minimum Gasteiger partial charge on any atom is -0.369 e. The maximum absolute atomic E-state index is 14.4. The molecule has 0 saturated carbocycles. The summed E-state index contributed by atoms with van der Waals surface area (Å²) >= 11 is 0. The Labute approximate surface area is 141 Å². The molecule has 1 saturated heterocycles. The fourth-order valence-corrected chi connectivity index (χ4v) is 3.66. The van der Waals surface area contributed by atoms with E-state index in [4.69, 9.17) is 0 Å². The molecule has 1 heterocycles. The number of anilines is 1. The SMILES string of the molecule is CCCN(CCC)C1CCN(c2ccc(C(C)C)cc2F)CC1. The molecular formula is C20H33FN2. The van der Waals surface area contributed by atoms with Gasteiger partial charge in [0.2, 0.25) is 0 Å². The second-order valence-electron chi connectivity index (χ2n) is 7.12. The molecule has 0 radical (unpaired) electrons. The molecule has 0 atom stereocenters. The van der Waals surface area contributed by atoms with Crippen molar-refractivity contribution in [2.75, 3.05) is 31.1 Å². The molecule has 1 fully saturated rings. The van der Waals surface area contributed by atoms with Crippen molar-refractivity contribution in [1.29, 1.82) is 0 Å². The number of nitrogens with zero attached hydrogens (tertiary/aromatic N) is 2. The van der Waals surface area contributed by atoms with Crippen LogP contribution in [0.1, 0.15) is 64.9 Å². The Morgan fingerprint density at radius 1 is 1.13 bits per heavy atom. The van der Waals surface area contributed by atoms with Gasteiger partial charge in [-0.25, -0.2) is 4.39 Å². The zero-order valence-corrected chi connectivity index (χ0v) is 15.3. The fourth-order valence-electron chi connectivity index (χ4n) is 3.66. The molecule has 2 nitrogen and oxygen atoms in total. The van der Waals surface area contributed by atoms with Crippen LogP contribution in [0.2, 0.25) is 0 Å². The van der Waals surface area contributed by atoms with Crippen LogP contribution in [0.4, 0.5) is 10.1 Å². The molecule has 3 heteroatoms. The van der Waals surface area contributed by atoms with Crippen LogP contribution in [0.5, 0.6) is 0 Å². The lowest BCUT2D eigenvalue weighted by Crippen LogP contribution is -2.45. The highest BCUT2D eigenvalue weighted by molar-refractivity contribution is 5.50. The number of benzene rings is 1. The van der Waals surface area contributed by atoms with Crippen molar-refractivity contribution < 1.29 is 4.39 Å². The van der Waals surface area contributed by atoms with E-state index in [9.17, 15) is 4.39 Å². The van der Waals surface area contributed by atoms with Gasteiger partial charge in [0.05, 0.1) is 5.69 Å². The normalized spacial score (nSPS) is 16.6. The highest BCUT2D eigenvalue weighted by Crippen LogP contribution is 2.28. The summed E-state index contributed by atoms with van der Waals surface area (Å²) in [5.41, 5.74) is 1.86. The summed E-state index contributed by atoms with van der Waals surface area (Å²) in [5.74, 6) is 0.314. The van der Waals surface area contributed by atoms with Crippen molar-refractivity contribution >= 4 is 5.69 Å². The second-order valence-corrected chi connectivity index (χ2v) is 7.12. The van der Waals surface area contributed by atoms with Crippen LogP contribution in [0.15, 0.2) is 18.2 Å². The standard InChI is InChI=1S/C20H33FN2/c1-5-11-22(12-6-2)18-9-13-23(14-10-18)20-8-7-17(16(3)4)15-19(20)21/h7-8,15-16,18H,5-6,9-14H2,1-4H3. The quantitative estimate of drug-likeness (QED) is 0.694. The topological polar surface area (TPSA) is 6.48 Å². The van der Waals surface area contributed by atoms with E-state index in [0.717, 1.165) is 37.2 Å². The molecule has 130 valence electrons. The van der Waals surface area contributed by atoms with Gasteiger partial charge >= 0.3 is 0 Å². The van der Waals surface area contributed by atoms with Crippen molar-refractivity contribution in [3.63, 3.8) is 0 Å². The van der Waals surface area contributed by atoms with E-state index in [2.05, 4.69) is 43.6 Å². The average Bonchev–Trinajstić information content (AvgIpc) is 2.55. The van der Waals surface area contributed by atoms with Crippen molar-refractivity contribution in [3.05, 3.63) is 29.6 Å². The first-order chi connectivity index (χ1) is 11.1. The largest absolute Gasteiger partial charge is 0.369 e. The van der Waals surface area contributed by atoms with Crippen LogP contribution in [0, 0.1) is 5.82 Å². The summed E-state index contributed by atoms with van der Waals surface area (Å²) in [5, 5.41) is 0. The summed E-state index contributed by atoms with van der Waals surface area (Å²) in [6.45, 7) is 13.0. The predicted molar refractivity (Wildman–Crippen MR) is 97.9 cm³/mol. The van der Waals surface area contributed by atoms with Gasteiger partial charge in [0.25, 0.3) is 0 Å². The average molecular weight is 320 g/mol. The number of hydrogen-bond donors (Lipinski definition) is 0. The number of piperidine rings is 1. The molecule has 0 aromatic heterocycles. The molecule has 0 unspecified atom stereocenters. The zero-order valence-electron chi connectivity index (χ0n) is 15.3. The minimum absolute atomic E-state index is 0.0615. The van der Waals surface area contributed by atoms with Crippen molar-refractivity contribution in [1.82, 2.24) is 4.90 Å². The van der Waals surface area contributed by atoms with E-state index in [-0.39, 0.29) is 5.82 Å². The van der Waals surface area contributed by atoms with Gasteiger partial charge in [0.15, 0.2) is 0 Å². The number of halogens is 1. The second kappa shape index (κ2) is 8.68. The van der Waals surface area contributed by atoms with E-state index < -0.39 is 0 Å². The molecule has 0 amide bonds. The summed E-state index contributed by atoms with van der Waals surface area (Å²) in [7, 11) is 0. The first kappa shape index (κ1) is 18.3. The smallest absolute Gasteiger partial charge is 0.146 e. The van der Waals surface area contributed by atoms with Crippen LogP contribution in [0.25, 0.3) is 0 Å². The van der Waals surface area contributed by atoms with Gasteiger partial charge in [-0.05, 0) is 62.4 Å². The molecule has 23 heavy (non-hydrogen) atoms. The van der Waals surface area contributed by atoms with E-state index in [1.165, 1.54) is 25.9 Å². The number of hydrogen-bond acceptors (Lipinski definition) is 2. The molecular weight excluding hydrogens is 287 g/mol. The van der Waals surface area contributed by atoms with Crippen molar-refractivity contribution in [2.24, 2.45) is 0 Å². The van der Waals surface area contributed by atoms with Gasteiger partial charge < -0.3 is 9.80 Å². The Morgan fingerprint density at radius 3 is 2.22 bits per heavy atom. The fraction of sp³-hybridized carbons (Fsp3) is 0.700. The van der Waals surface area contributed by atoms with E-state index in [1.54, 1.807) is 6.07 Å². The first-order valence-electron chi connectivity index (χ1n) is 9.35.